The zero-order chi connectivity index (χ0) is 19.8. The van der Waals surface area contributed by atoms with Gasteiger partial charge in [0.25, 0.3) is 0 Å². The van der Waals surface area contributed by atoms with Crippen LogP contribution in [0.4, 0.5) is 5.82 Å². The summed E-state index contributed by atoms with van der Waals surface area (Å²) in [5.41, 5.74) is 2.88. The van der Waals surface area contributed by atoms with Gasteiger partial charge in [-0.25, -0.2) is 9.61 Å². The molecule has 0 saturated carbocycles. The van der Waals surface area contributed by atoms with Gasteiger partial charge in [-0.3, -0.25) is 4.90 Å². The molecule has 0 aliphatic carbocycles. The SMILES string of the molecule is Cc1nonc1N1CCN(Cc2nc(-c3cccc4ccccc34)oc2C)CC1. The summed E-state index contributed by atoms with van der Waals surface area (Å²) < 4.78 is 10.9. The molecule has 4 aromatic rings. The monoisotopic (exact) mass is 389 g/mol. The highest BCUT2D eigenvalue weighted by molar-refractivity contribution is 5.94. The standard InChI is InChI=1S/C22H23N5O2/c1-15-21(25-29-24-15)27-12-10-26(11-13-27)14-20-16(2)28-22(23-20)19-9-5-7-17-6-3-4-8-18(17)19/h3-9H,10-14H2,1-2H3. The van der Waals surface area contributed by atoms with Crippen LogP contribution in [-0.4, -0.2) is 46.4 Å². The second-order valence-corrected chi connectivity index (χ2v) is 7.49. The number of fused-ring (bicyclic) bond motifs is 1. The number of hydrogen-bond acceptors (Lipinski definition) is 7. The highest BCUT2D eigenvalue weighted by Crippen LogP contribution is 2.30. The Morgan fingerprint density at radius 3 is 2.52 bits per heavy atom. The van der Waals surface area contributed by atoms with Crippen LogP contribution >= 0.6 is 0 Å². The van der Waals surface area contributed by atoms with Crippen LogP contribution in [0.1, 0.15) is 17.1 Å². The molecule has 1 fully saturated rings. The van der Waals surface area contributed by atoms with Crippen LogP contribution in [0, 0.1) is 13.8 Å². The van der Waals surface area contributed by atoms with Gasteiger partial charge < -0.3 is 9.32 Å². The van der Waals surface area contributed by atoms with Crippen molar-refractivity contribution in [3.05, 3.63) is 59.6 Å². The first-order chi connectivity index (χ1) is 14.2. The van der Waals surface area contributed by atoms with E-state index in [1.54, 1.807) is 0 Å². The van der Waals surface area contributed by atoms with Gasteiger partial charge in [0.05, 0.1) is 5.69 Å². The van der Waals surface area contributed by atoms with Gasteiger partial charge in [-0.15, -0.1) is 0 Å². The van der Waals surface area contributed by atoms with E-state index in [9.17, 15) is 0 Å². The number of aryl methyl sites for hydroxylation is 2. The lowest BCUT2D eigenvalue weighted by molar-refractivity contribution is 0.243. The van der Waals surface area contributed by atoms with E-state index >= 15 is 0 Å². The predicted molar refractivity (Wildman–Crippen MR) is 111 cm³/mol. The molecule has 148 valence electrons. The lowest BCUT2D eigenvalue weighted by atomic mass is 10.0. The molecular weight excluding hydrogens is 366 g/mol. The first kappa shape index (κ1) is 17.9. The summed E-state index contributed by atoms with van der Waals surface area (Å²) in [6, 6.07) is 14.6. The number of oxazole rings is 1. The fourth-order valence-corrected chi connectivity index (χ4v) is 3.95. The van der Waals surface area contributed by atoms with Gasteiger partial charge in [-0.1, -0.05) is 41.6 Å². The molecule has 0 unspecified atom stereocenters. The third-order valence-corrected chi connectivity index (χ3v) is 5.59. The number of anilines is 1. The summed E-state index contributed by atoms with van der Waals surface area (Å²) >= 11 is 0. The molecule has 1 saturated heterocycles. The Morgan fingerprint density at radius 1 is 0.931 bits per heavy atom. The summed E-state index contributed by atoms with van der Waals surface area (Å²) in [4.78, 5) is 9.47. The third kappa shape index (κ3) is 3.38. The van der Waals surface area contributed by atoms with E-state index < -0.39 is 0 Å². The van der Waals surface area contributed by atoms with Crippen LogP contribution in [0.2, 0.25) is 0 Å². The minimum absolute atomic E-state index is 0.692. The topological polar surface area (TPSA) is 71.4 Å². The van der Waals surface area contributed by atoms with Crippen molar-refractivity contribution in [3.8, 4) is 11.5 Å². The molecule has 7 nitrogen and oxygen atoms in total. The van der Waals surface area contributed by atoms with Gasteiger partial charge in [-0.2, -0.15) is 0 Å². The van der Waals surface area contributed by atoms with Crippen molar-refractivity contribution in [2.24, 2.45) is 0 Å². The molecule has 0 atom stereocenters. The Hall–Kier alpha value is -3.19. The largest absolute Gasteiger partial charge is 0.441 e. The van der Waals surface area contributed by atoms with Gasteiger partial charge in [0.15, 0.2) is 5.82 Å². The minimum atomic E-state index is 0.692. The summed E-state index contributed by atoms with van der Waals surface area (Å²) in [5, 5.41) is 10.2. The highest BCUT2D eigenvalue weighted by atomic mass is 16.6. The second-order valence-electron chi connectivity index (χ2n) is 7.49. The molecule has 0 bridgehead atoms. The summed E-state index contributed by atoms with van der Waals surface area (Å²) in [7, 11) is 0. The Morgan fingerprint density at radius 2 is 1.72 bits per heavy atom. The number of nitrogens with zero attached hydrogens (tertiary/aromatic N) is 5. The third-order valence-electron chi connectivity index (χ3n) is 5.59. The second kappa shape index (κ2) is 7.33. The fourth-order valence-electron chi connectivity index (χ4n) is 3.95. The van der Waals surface area contributed by atoms with Crippen LogP contribution in [0.5, 0.6) is 0 Å². The predicted octanol–water partition coefficient (Wildman–Crippen LogP) is 3.82. The van der Waals surface area contributed by atoms with Crippen LogP contribution in [0.3, 0.4) is 0 Å². The van der Waals surface area contributed by atoms with E-state index in [0.717, 1.165) is 66.6 Å². The number of rotatable bonds is 4. The fraction of sp³-hybridized carbons (Fsp3) is 0.318. The lowest BCUT2D eigenvalue weighted by Gasteiger charge is -2.34. The van der Waals surface area contributed by atoms with Gasteiger partial charge in [0.1, 0.15) is 11.5 Å². The first-order valence-corrected chi connectivity index (χ1v) is 9.90. The van der Waals surface area contributed by atoms with E-state index in [0.29, 0.717) is 5.89 Å². The molecule has 0 spiro atoms. The molecule has 0 N–H and O–H groups in total. The lowest BCUT2D eigenvalue weighted by Crippen LogP contribution is -2.46. The Balaban J connectivity index is 1.32. The summed E-state index contributed by atoms with van der Waals surface area (Å²) in [6.45, 7) is 8.35. The van der Waals surface area contributed by atoms with E-state index in [2.05, 4.69) is 56.5 Å². The molecule has 3 heterocycles. The molecule has 0 amide bonds. The number of aromatic nitrogens is 3. The van der Waals surface area contributed by atoms with Crippen LogP contribution in [0.15, 0.2) is 51.5 Å². The normalized spacial score (nSPS) is 15.3. The number of hydrogen-bond donors (Lipinski definition) is 0. The van der Waals surface area contributed by atoms with Gasteiger partial charge in [0.2, 0.25) is 5.89 Å². The smallest absolute Gasteiger partial charge is 0.227 e. The Labute approximate surface area is 168 Å². The van der Waals surface area contributed by atoms with Crippen molar-refractivity contribution in [2.45, 2.75) is 20.4 Å². The molecule has 1 aliphatic heterocycles. The van der Waals surface area contributed by atoms with E-state index in [4.69, 9.17) is 14.0 Å². The van der Waals surface area contributed by atoms with Crippen molar-refractivity contribution in [1.82, 2.24) is 20.2 Å². The maximum Gasteiger partial charge on any atom is 0.227 e. The minimum Gasteiger partial charge on any atom is -0.441 e. The summed E-state index contributed by atoms with van der Waals surface area (Å²) in [5.74, 6) is 2.42. The van der Waals surface area contributed by atoms with E-state index in [1.807, 2.05) is 19.9 Å². The number of benzene rings is 2. The molecule has 2 aromatic heterocycles. The van der Waals surface area contributed by atoms with Crippen LogP contribution < -0.4 is 4.90 Å². The average Bonchev–Trinajstić information content (AvgIpc) is 3.34. The van der Waals surface area contributed by atoms with E-state index in [1.165, 1.54) is 5.39 Å². The van der Waals surface area contributed by atoms with Gasteiger partial charge >= 0.3 is 0 Å². The Bertz CT molecular complexity index is 1140. The summed E-state index contributed by atoms with van der Waals surface area (Å²) in [6.07, 6.45) is 0. The molecule has 29 heavy (non-hydrogen) atoms. The first-order valence-electron chi connectivity index (χ1n) is 9.90. The zero-order valence-electron chi connectivity index (χ0n) is 16.6. The maximum atomic E-state index is 6.07. The van der Waals surface area contributed by atoms with Gasteiger partial charge in [-0.05, 0) is 35.8 Å². The average molecular weight is 389 g/mol. The molecular formula is C22H23N5O2. The van der Waals surface area contributed by atoms with E-state index in [-0.39, 0.29) is 0 Å². The van der Waals surface area contributed by atoms with Crippen molar-refractivity contribution in [1.29, 1.82) is 0 Å². The molecule has 1 aliphatic rings. The van der Waals surface area contributed by atoms with Crippen LogP contribution in [0.25, 0.3) is 22.2 Å². The van der Waals surface area contributed by atoms with Gasteiger partial charge in [0, 0.05) is 38.3 Å². The Kier molecular flexibility index (Phi) is 4.52. The van der Waals surface area contributed by atoms with Crippen molar-refractivity contribution >= 4 is 16.6 Å². The molecule has 7 heteroatoms. The molecule has 2 aromatic carbocycles. The van der Waals surface area contributed by atoms with Crippen LogP contribution in [-0.2, 0) is 6.54 Å². The molecule has 0 radical (unpaired) electrons. The zero-order valence-corrected chi connectivity index (χ0v) is 16.6. The molecule has 5 rings (SSSR count). The van der Waals surface area contributed by atoms with Crippen molar-refractivity contribution in [2.75, 3.05) is 31.1 Å². The maximum absolute atomic E-state index is 6.07. The quantitative estimate of drug-likeness (QED) is 0.525. The van der Waals surface area contributed by atoms with Crippen molar-refractivity contribution < 1.29 is 9.05 Å². The van der Waals surface area contributed by atoms with Crippen molar-refractivity contribution in [3.63, 3.8) is 0 Å². The number of piperazine rings is 1. The highest BCUT2D eigenvalue weighted by Gasteiger charge is 2.23.